The first-order chi connectivity index (χ1) is 10.3. The zero-order chi connectivity index (χ0) is 14.4. The van der Waals surface area contributed by atoms with Crippen molar-refractivity contribution in [1.82, 2.24) is 0 Å². The molecule has 21 heavy (non-hydrogen) atoms. The zero-order valence-corrected chi connectivity index (χ0v) is 11.3. The van der Waals surface area contributed by atoms with Crippen LogP contribution in [0.1, 0.15) is 0 Å². The molecule has 4 rings (SSSR count). The number of carbonyl (C=O) groups is 1. The number of rotatable bonds is 2. The molecule has 2 heteroatoms. The molecular weight excluding hydrogens is 260 g/mol. The highest BCUT2D eigenvalue weighted by molar-refractivity contribution is 6.17. The van der Waals surface area contributed by atoms with Gasteiger partial charge in [-0.3, -0.25) is 0 Å². The van der Waals surface area contributed by atoms with Crippen LogP contribution in [-0.4, -0.2) is 5.97 Å². The summed E-state index contributed by atoms with van der Waals surface area (Å²) in [6, 6.07) is 18.3. The van der Waals surface area contributed by atoms with Crippen molar-refractivity contribution in [3.05, 3.63) is 67.3 Å². The maximum atomic E-state index is 11.6. The van der Waals surface area contributed by atoms with Gasteiger partial charge in [0.25, 0.3) is 0 Å². The summed E-state index contributed by atoms with van der Waals surface area (Å²) in [4.78, 5) is 11.6. The molecule has 0 amide bonds. The predicted octanol–water partition coefficient (Wildman–Crippen LogP) is 4.58. The van der Waals surface area contributed by atoms with Crippen LogP contribution in [0.5, 0.6) is 5.75 Å². The summed E-state index contributed by atoms with van der Waals surface area (Å²) < 4.78 is 5.43. The minimum absolute atomic E-state index is 0.438. The van der Waals surface area contributed by atoms with E-state index >= 15 is 0 Å². The second-order valence-corrected chi connectivity index (χ2v) is 5.01. The van der Waals surface area contributed by atoms with Gasteiger partial charge < -0.3 is 4.74 Å². The Bertz CT molecular complexity index is 907. The van der Waals surface area contributed by atoms with Crippen molar-refractivity contribution in [2.24, 2.45) is 0 Å². The molecule has 0 atom stereocenters. The van der Waals surface area contributed by atoms with E-state index in [2.05, 4.69) is 36.9 Å². The van der Waals surface area contributed by atoms with Crippen LogP contribution in [0.2, 0.25) is 0 Å². The molecule has 0 spiro atoms. The summed E-state index contributed by atoms with van der Waals surface area (Å²) in [5, 5.41) is 2.30. The molecule has 2 nitrogen and oxygen atoms in total. The SMILES string of the molecule is C=CC(=O)Oc1ccc2cccc3c2c1-c1ccccc1-3. The van der Waals surface area contributed by atoms with Gasteiger partial charge in [0.2, 0.25) is 0 Å². The standard InChI is InChI=1S/C19H12O2/c1-2-17(20)21-16-11-10-12-6-5-9-14-13-7-3-4-8-15(13)19(16)18(12)14/h2-11H,1H2. The second kappa shape index (κ2) is 4.32. The van der Waals surface area contributed by atoms with Gasteiger partial charge in [0.15, 0.2) is 0 Å². The van der Waals surface area contributed by atoms with Crippen LogP contribution in [-0.2, 0) is 4.79 Å². The van der Waals surface area contributed by atoms with E-state index in [1.54, 1.807) is 0 Å². The van der Waals surface area contributed by atoms with Gasteiger partial charge in [-0.05, 0) is 28.1 Å². The van der Waals surface area contributed by atoms with Gasteiger partial charge in [-0.25, -0.2) is 4.79 Å². The molecule has 0 unspecified atom stereocenters. The van der Waals surface area contributed by atoms with E-state index in [0.29, 0.717) is 5.75 Å². The van der Waals surface area contributed by atoms with Crippen molar-refractivity contribution in [2.45, 2.75) is 0 Å². The molecule has 0 saturated carbocycles. The summed E-state index contributed by atoms with van der Waals surface area (Å²) in [5.41, 5.74) is 4.47. The molecule has 0 heterocycles. The third-order valence-electron chi connectivity index (χ3n) is 3.87. The fraction of sp³-hybridized carbons (Fsp3) is 0. The van der Waals surface area contributed by atoms with Gasteiger partial charge in [-0.2, -0.15) is 0 Å². The van der Waals surface area contributed by atoms with Crippen molar-refractivity contribution >= 4 is 16.7 Å². The van der Waals surface area contributed by atoms with Crippen molar-refractivity contribution in [2.75, 3.05) is 0 Å². The molecule has 0 aliphatic heterocycles. The quantitative estimate of drug-likeness (QED) is 0.303. The van der Waals surface area contributed by atoms with Crippen LogP contribution in [0, 0.1) is 0 Å². The average Bonchev–Trinajstić information content (AvgIpc) is 2.87. The molecule has 0 bridgehead atoms. The molecule has 0 N–H and O–H groups in total. The van der Waals surface area contributed by atoms with E-state index in [1.807, 2.05) is 24.3 Å². The maximum absolute atomic E-state index is 11.6. The van der Waals surface area contributed by atoms with E-state index < -0.39 is 5.97 Å². The number of fused-ring (bicyclic) bond motifs is 3. The number of hydrogen-bond donors (Lipinski definition) is 0. The molecular formula is C19H12O2. The third-order valence-corrected chi connectivity index (χ3v) is 3.87. The van der Waals surface area contributed by atoms with Crippen LogP contribution in [0.4, 0.5) is 0 Å². The lowest BCUT2D eigenvalue weighted by Gasteiger charge is -2.09. The summed E-state index contributed by atoms with van der Waals surface area (Å²) in [7, 11) is 0. The molecule has 0 aromatic heterocycles. The second-order valence-electron chi connectivity index (χ2n) is 5.01. The van der Waals surface area contributed by atoms with Crippen molar-refractivity contribution in [3.63, 3.8) is 0 Å². The fourth-order valence-electron chi connectivity index (χ4n) is 3.02. The Hall–Kier alpha value is -2.87. The number of ether oxygens (including phenoxy) is 1. The van der Waals surface area contributed by atoms with Gasteiger partial charge >= 0.3 is 5.97 Å². The lowest BCUT2D eigenvalue weighted by Crippen LogP contribution is -2.04. The highest BCUT2D eigenvalue weighted by atomic mass is 16.5. The highest BCUT2D eigenvalue weighted by Gasteiger charge is 2.24. The Morgan fingerprint density at radius 2 is 1.67 bits per heavy atom. The van der Waals surface area contributed by atoms with Gasteiger partial charge in [0.05, 0.1) is 0 Å². The Balaban J connectivity index is 2.09. The van der Waals surface area contributed by atoms with Crippen LogP contribution in [0.25, 0.3) is 33.0 Å². The first-order valence-corrected chi connectivity index (χ1v) is 6.79. The summed E-state index contributed by atoms with van der Waals surface area (Å²) >= 11 is 0. The summed E-state index contributed by atoms with van der Waals surface area (Å²) in [6.07, 6.45) is 1.18. The fourth-order valence-corrected chi connectivity index (χ4v) is 3.02. The zero-order valence-electron chi connectivity index (χ0n) is 11.3. The smallest absolute Gasteiger partial charge is 0.335 e. The van der Waals surface area contributed by atoms with E-state index in [-0.39, 0.29) is 0 Å². The number of esters is 1. The molecule has 1 aliphatic rings. The Morgan fingerprint density at radius 1 is 0.905 bits per heavy atom. The summed E-state index contributed by atoms with van der Waals surface area (Å²) in [5.74, 6) is 0.150. The van der Waals surface area contributed by atoms with Gasteiger partial charge in [-0.1, -0.05) is 55.1 Å². The van der Waals surface area contributed by atoms with Crippen molar-refractivity contribution in [3.8, 4) is 28.0 Å². The molecule has 1 aliphatic carbocycles. The summed E-state index contributed by atoms with van der Waals surface area (Å²) in [6.45, 7) is 3.46. The van der Waals surface area contributed by atoms with Crippen LogP contribution in [0.3, 0.4) is 0 Å². The lowest BCUT2D eigenvalue weighted by molar-refractivity contribution is -0.128. The van der Waals surface area contributed by atoms with Crippen LogP contribution < -0.4 is 4.74 Å². The minimum Gasteiger partial charge on any atom is -0.423 e. The van der Waals surface area contributed by atoms with Gasteiger partial charge in [-0.15, -0.1) is 0 Å². The van der Waals surface area contributed by atoms with Gasteiger partial charge in [0, 0.05) is 17.0 Å². The van der Waals surface area contributed by atoms with E-state index in [1.165, 1.54) is 17.2 Å². The first kappa shape index (κ1) is 11.9. The van der Waals surface area contributed by atoms with E-state index in [0.717, 1.165) is 21.9 Å². The van der Waals surface area contributed by atoms with Crippen molar-refractivity contribution in [1.29, 1.82) is 0 Å². The maximum Gasteiger partial charge on any atom is 0.335 e. The molecule has 3 aromatic rings. The Kier molecular flexibility index (Phi) is 2.45. The average molecular weight is 272 g/mol. The van der Waals surface area contributed by atoms with Crippen molar-refractivity contribution < 1.29 is 9.53 Å². The number of carbonyl (C=O) groups excluding carboxylic acids is 1. The molecule has 3 aromatic carbocycles. The van der Waals surface area contributed by atoms with E-state index in [9.17, 15) is 4.79 Å². The van der Waals surface area contributed by atoms with Gasteiger partial charge in [0.1, 0.15) is 5.75 Å². The predicted molar refractivity (Wildman–Crippen MR) is 84.2 cm³/mol. The topological polar surface area (TPSA) is 26.3 Å². The Labute approximate surface area is 122 Å². The largest absolute Gasteiger partial charge is 0.423 e. The minimum atomic E-state index is -0.438. The first-order valence-electron chi connectivity index (χ1n) is 6.79. The number of benzene rings is 3. The molecule has 0 saturated heterocycles. The van der Waals surface area contributed by atoms with Crippen LogP contribution in [0.15, 0.2) is 67.3 Å². The molecule has 0 radical (unpaired) electrons. The lowest BCUT2D eigenvalue weighted by atomic mass is 10.0. The Morgan fingerprint density at radius 3 is 2.48 bits per heavy atom. The molecule has 0 fully saturated rings. The number of hydrogen-bond acceptors (Lipinski definition) is 2. The highest BCUT2D eigenvalue weighted by Crippen LogP contribution is 2.50. The van der Waals surface area contributed by atoms with Crippen LogP contribution >= 0.6 is 0 Å². The third kappa shape index (κ3) is 1.62. The molecule has 100 valence electrons. The monoisotopic (exact) mass is 272 g/mol. The van der Waals surface area contributed by atoms with E-state index in [4.69, 9.17) is 4.74 Å². The normalized spacial score (nSPS) is 11.2.